The summed E-state index contributed by atoms with van der Waals surface area (Å²) in [6.45, 7) is 4.84. The molecule has 1 fully saturated rings. The summed E-state index contributed by atoms with van der Waals surface area (Å²) in [6, 6.07) is 0. The van der Waals surface area contributed by atoms with Crippen molar-refractivity contribution >= 4 is 5.91 Å². The molecule has 0 aromatic carbocycles. The second-order valence-electron chi connectivity index (χ2n) is 2.73. The summed E-state index contributed by atoms with van der Waals surface area (Å²) in [5, 5.41) is 9.15. The van der Waals surface area contributed by atoms with Gasteiger partial charge in [-0.15, -0.1) is 6.58 Å². The Morgan fingerprint density at radius 1 is 1.82 bits per heavy atom. The third-order valence-electron chi connectivity index (χ3n) is 1.85. The molecule has 0 aromatic rings. The lowest BCUT2D eigenvalue weighted by atomic mass is 10.1. The lowest BCUT2D eigenvalue weighted by Crippen LogP contribution is -2.43. The van der Waals surface area contributed by atoms with Crippen molar-refractivity contribution in [1.29, 1.82) is 0 Å². The lowest BCUT2D eigenvalue weighted by Gasteiger charge is -2.28. The van der Waals surface area contributed by atoms with E-state index in [0.717, 1.165) is 13.0 Å². The minimum atomic E-state index is -0.774. The van der Waals surface area contributed by atoms with Gasteiger partial charge in [0.25, 0.3) is 5.91 Å². The minimum Gasteiger partial charge on any atom is -0.383 e. The molecular weight excluding hydrogens is 142 g/mol. The molecule has 0 spiro atoms. The van der Waals surface area contributed by atoms with Gasteiger partial charge in [-0.2, -0.15) is 0 Å². The van der Waals surface area contributed by atoms with Crippen LogP contribution in [-0.2, 0) is 4.79 Å². The number of carbonyl (C=O) groups is 1. The Hall–Kier alpha value is -0.830. The average molecular weight is 155 g/mol. The predicted octanol–water partition coefficient (Wildman–Crippen LogP) is 0.156. The monoisotopic (exact) mass is 155 g/mol. The van der Waals surface area contributed by atoms with Crippen molar-refractivity contribution in [2.45, 2.75) is 18.9 Å². The fourth-order valence-electron chi connectivity index (χ4n) is 1.26. The molecule has 0 radical (unpaired) electrons. The van der Waals surface area contributed by atoms with E-state index in [0.29, 0.717) is 13.0 Å². The highest BCUT2D eigenvalue weighted by molar-refractivity contribution is 5.81. The number of likely N-dealkylation sites (tertiary alicyclic amines) is 1. The van der Waals surface area contributed by atoms with Crippen LogP contribution in [0.25, 0.3) is 0 Å². The van der Waals surface area contributed by atoms with Crippen LogP contribution >= 0.6 is 0 Å². The van der Waals surface area contributed by atoms with Gasteiger partial charge in [-0.05, 0) is 12.8 Å². The maximum Gasteiger partial charge on any atom is 0.251 e. The van der Waals surface area contributed by atoms with Crippen LogP contribution in [-0.4, -0.2) is 35.1 Å². The summed E-state index contributed by atoms with van der Waals surface area (Å²) in [6.07, 6.45) is 2.40. The highest BCUT2D eigenvalue weighted by atomic mass is 16.3. The molecule has 0 aromatic heterocycles. The van der Waals surface area contributed by atoms with Crippen molar-refractivity contribution < 1.29 is 9.90 Å². The first-order valence-corrected chi connectivity index (χ1v) is 3.83. The Bertz CT molecular complexity index is 167. The molecule has 0 bridgehead atoms. The summed E-state index contributed by atoms with van der Waals surface area (Å²) in [5.74, 6) is -0.156. The third kappa shape index (κ3) is 1.80. The summed E-state index contributed by atoms with van der Waals surface area (Å²) in [4.78, 5) is 12.8. The van der Waals surface area contributed by atoms with Gasteiger partial charge in [-0.3, -0.25) is 4.79 Å². The molecule has 0 aliphatic carbocycles. The standard InChI is InChI=1S/C8H13NO2/c1-2-5-9-6-3-4-7(10)8(9)11/h2,7,10H,1,3-6H2. The summed E-state index contributed by atoms with van der Waals surface area (Å²) < 4.78 is 0. The van der Waals surface area contributed by atoms with Crippen molar-refractivity contribution in [3.8, 4) is 0 Å². The number of hydrogen-bond acceptors (Lipinski definition) is 2. The summed E-state index contributed by atoms with van der Waals surface area (Å²) in [5.41, 5.74) is 0. The van der Waals surface area contributed by atoms with Crippen molar-refractivity contribution in [2.75, 3.05) is 13.1 Å². The van der Waals surface area contributed by atoms with E-state index in [2.05, 4.69) is 6.58 Å². The first-order chi connectivity index (χ1) is 5.25. The van der Waals surface area contributed by atoms with E-state index in [1.165, 1.54) is 0 Å². The topological polar surface area (TPSA) is 40.5 Å². The third-order valence-corrected chi connectivity index (χ3v) is 1.85. The molecule has 1 N–H and O–H groups in total. The molecule has 11 heavy (non-hydrogen) atoms. The van der Waals surface area contributed by atoms with Gasteiger partial charge in [-0.1, -0.05) is 6.08 Å². The minimum absolute atomic E-state index is 0.156. The molecule has 1 rings (SSSR count). The Labute approximate surface area is 66.3 Å². The number of nitrogens with zero attached hydrogens (tertiary/aromatic N) is 1. The number of carbonyl (C=O) groups excluding carboxylic acids is 1. The van der Waals surface area contributed by atoms with Crippen LogP contribution < -0.4 is 0 Å². The molecular formula is C8H13NO2. The molecule has 1 amide bonds. The zero-order chi connectivity index (χ0) is 8.27. The van der Waals surface area contributed by atoms with Gasteiger partial charge in [0.2, 0.25) is 0 Å². The smallest absolute Gasteiger partial charge is 0.251 e. The molecule has 1 heterocycles. The maximum atomic E-state index is 11.1. The fourth-order valence-corrected chi connectivity index (χ4v) is 1.26. The highest BCUT2D eigenvalue weighted by Crippen LogP contribution is 2.10. The van der Waals surface area contributed by atoms with Gasteiger partial charge in [0.05, 0.1) is 0 Å². The zero-order valence-electron chi connectivity index (χ0n) is 6.49. The van der Waals surface area contributed by atoms with Gasteiger partial charge in [0.15, 0.2) is 0 Å². The van der Waals surface area contributed by atoms with Gasteiger partial charge in [-0.25, -0.2) is 0 Å². The van der Waals surface area contributed by atoms with E-state index < -0.39 is 6.10 Å². The van der Waals surface area contributed by atoms with Crippen LogP contribution in [0.5, 0.6) is 0 Å². The number of piperidine rings is 1. The second kappa shape index (κ2) is 3.53. The van der Waals surface area contributed by atoms with Crippen LogP contribution in [0.15, 0.2) is 12.7 Å². The van der Waals surface area contributed by atoms with Crippen LogP contribution in [0.2, 0.25) is 0 Å². The normalized spacial score (nSPS) is 25.4. The molecule has 1 atom stereocenters. The van der Waals surface area contributed by atoms with E-state index in [1.807, 2.05) is 0 Å². The van der Waals surface area contributed by atoms with E-state index in [4.69, 9.17) is 5.11 Å². The Morgan fingerprint density at radius 3 is 3.18 bits per heavy atom. The fraction of sp³-hybridized carbons (Fsp3) is 0.625. The zero-order valence-corrected chi connectivity index (χ0v) is 6.49. The maximum absolute atomic E-state index is 11.1. The van der Waals surface area contributed by atoms with Crippen molar-refractivity contribution in [3.63, 3.8) is 0 Å². The number of aliphatic hydroxyl groups excluding tert-OH is 1. The number of rotatable bonds is 2. The van der Waals surface area contributed by atoms with E-state index in [1.54, 1.807) is 11.0 Å². The van der Waals surface area contributed by atoms with Gasteiger partial charge < -0.3 is 10.0 Å². The van der Waals surface area contributed by atoms with E-state index in [-0.39, 0.29) is 5.91 Å². The quantitative estimate of drug-likeness (QED) is 0.577. The predicted molar refractivity (Wildman–Crippen MR) is 42.0 cm³/mol. The van der Waals surface area contributed by atoms with Gasteiger partial charge >= 0.3 is 0 Å². The van der Waals surface area contributed by atoms with Crippen molar-refractivity contribution in [2.24, 2.45) is 0 Å². The molecule has 3 nitrogen and oxygen atoms in total. The summed E-state index contributed by atoms with van der Waals surface area (Å²) in [7, 11) is 0. The van der Waals surface area contributed by atoms with Crippen molar-refractivity contribution in [1.82, 2.24) is 4.90 Å². The first kappa shape index (κ1) is 8.27. The Kier molecular flexibility index (Phi) is 2.65. The van der Waals surface area contributed by atoms with Crippen LogP contribution in [0, 0.1) is 0 Å². The highest BCUT2D eigenvalue weighted by Gasteiger charge is 2.25. The molecule has 1 saturated heterocycles. The summed E-state index contributed by atoms with van der Waals surface area (Å²) >= 11 is 0. The van der Waals surface area contributed by atoms with Crippen molar-refractivity contribution in [3.05, 3.63) is 12.7 Å². The largest absolute Gasteiger partial charge is 0.383 e. The number of hydrogen-bond donors (Lipinski definition) is 1. The first-order valence-electron chi connectivity index (χ1n) is 3.83. The molecule has 1 unspecified atom stereocenters. The van der Waals surface area contributed by atoms with Gasteiger partial charge in [0, 0.05) is 13.1 Å². The molecule has 62 valence electrons. The van der Waals surface area contributed by atoms with Crippen LogP contribution in [0.3, 0.4) is 0 Å². The van der Waals surface area contributed by atoms with E-state index in [9.17, 15) is 4.79 Å². The van der Waals surface area contributed by atoms with Crippen LogP contribution in [0.4, 0.5) is 0 Å². The Morgan fingerprint density at radius 2 is 2.55 bits per heavy atom. The van der Waals surface area contributed by atoms with Crippen LogP contribution in [0.1, 0.15) is 12.8 Å². The molecule has 3 heteroatoms. The van der Waals surface area contributed by atoms with Gasteiger partial charge in [0.1, 0.15) is 6.10 Å². The molecule has 1 aliphatic rings. The number of aliphatic hydroxyl groups is 1. The SMILES string of the molecule is C=CCN1CCCC(O)C1=O. The Balaban J connectivity index is 2.51. The number of amides is 1. The molecule has 1 aliphatic heterocycles. The molecule has 0 saturated carbocycles. The van der Waals surface area contributed by atoms with E-state index >= 15 is 0 Å². The second-order valence-corrected chi connectivity index (χ2v) is 2.73. The average Bonchev–Trinajstić information content (AvgIpc) is 1.99. The lowest BCUT2D eigenvalue weighted by molar-refractivity contribution is -0.143.